The van der Waals surface area contributed by atoms with Crippen molar-refractivity contribution < 1.29 is 4.39 Å². The van der Waals surface area contributed by atoms with Crippen LogP contribution in [0.25, 0.3) is 5.69 Å². The zero-order valence-corrected chi connectivity index (χ0v) is 14.8. The van der Waals surface area contributed by atoms with E-state index in [0.29, 0.717) is 6.54 Å². The van der Waals surface area contributed by atoms with Gasteiger partial charge in [-0.3, -0.25) is 4.99 Å². The lowest BCUT2D eigenvalue weighted by Gasteiger charge is -2.23. The third-order valence-electron chi connectivity index (χ3n) is 3.21. The lowest BCUT2D eigenvalue weighted by atomic mass is 10.1. The van der Waals surface area contributed by atoms with Crippen LogP contribution in [0.2, 0.25) is 0 Å². The molecule has 0 saturated carbocycles. The van der Waals surface area contributed by atoms with Crippen LogP contribution in [-0.2, 0) is 6.42 Å². The molecule has 2 rings (SSSR count). The van der Waals surface area contributed by atoms with Gasteiger partial charge in [-0.05, 0) is 58.0 Å². The highest BCUT2D eigenvalue weighted by atomic mass is 19.1. The Hall–Kier alpha value is -2.37. The van der Waals surface area contributed by atoms with Crippen LogP contribution >= 0.6 is 0 Å². The van der Waals surface area contributed by atoms with Gasteiger partial charge in [-0.15, -0.1) is 0 Å². The highest BCUT2D eigenvalue weighted by Crippen LogP contribution is 2.09. The van der Waals surface area contributed by atoms with Crippen molar-refractivity contribution in [3.05, 3.63) is 48.0 Å². The van der Waals surface area contributed by atoms with Crippen molar-refractivity contribution in [3.63, 3.8) is 0 Å². The summed E-state index contributed by atoms with van der Waals surface area (Å²) in [6, 6.07) is 8.24. The molecule has 2 aromatic rings. The third-order valence-corrected chi connectivity index (χ3v) is 3.21. The standard InChI is InChI=1S/C18H26FN5/c1-5-20-17(22-18(2,3)4)21-12-10-15-11-13-24(23-15)16-8-6-14(19)7-9-16/h6-9,11,13H,5,10,12H2,1-4H3,(H2,20,21,22). The fourth-order valence-corrected chi connectivity index (χ4v) is 2.18. The summed E-state index contributed by atoms with van der Waals surface area (Å²) in [7, 11) is 0. The van der Waals surface area contributed by atoms with Crippen molar-refractivity contribution in [1.82, 2.24) is 20.4 Å². The van der Waals surface area contributed by atoms with E-state index < -0.39 is 0 Å². The van der Waals surface area contributed by atoms with Gasteiger partial charge in [-0.1, -0.05) is 0 Å². The summed E-state index contributed by atoms with van der Waals surface area (Å²) in [5.74, 6) is 0.561. The molecule has 0 saturated heterocycles. The molecule has 5 nitrogen and oxygen atoms in total. The van der Waals surface area contributed by atoms with Gasteiger partial charge in [0.25, 0.3) is 0 Å². The predicted octanol–water partition coefficient (Wildman–Crippen LogP) is 2.91. The number of rotatable bonds is 5. The predicted molar refractivity (Wildman–Crippen MR) is 96.1 cm³/mol. The monoisotopic (exact) mass is 331 g/mol. The van der Waals surface area contributed by atoms with Crippen LogP contribution in [0, 0.1) is 5.82 Å². The molecule has 0 fully saturated rings. The number of nitrogens with one attached hydrogen (secondary N) is 2. The Morgan fingerprint density at radius 1 is 1.21 bits per heavy atom. The van der Waals surface area contributed by atoms with E-state index in [1.165, 1.54) is 12.1 Å². The average Bonchev–Trinajstić information content (AvgIpc) is 2.95. The minimum atomic E-state index is -0.247. The molecular weight excluding hydrogens is 305 g/mol. The molecule has 0 unspecified atom stereocenters. The first-order chi connectivity index (χ1) is 11.4. The summed E-state index contributed by atoms with van der Waals surface area (Å²) < 4.78 is 14.7. The minimum absolute atomic E-state index is 0.0365. The topological polar surface area (TPSA) is 54.2 Å². The van der Waals surface area contributed by atoms with E-state index in [2.05, 4.69) is 41.5 Å². The van der Waals surface area contributed by atoms with E-state index in [0.717, 1.165) is 30.3 Å². The Morgan fingerprint density at radius 2 is 1.92 bits per heavy atom. The van der Waals surface area contributed by atoms with Crippen LogP contribution in [0.5, 0.6) is 0 Å². The fourth-order valence-electron chi connectivity index (χ4n) is 2.18. The maximum atomic E-state index is 13.0. The number of aromatic nitrogens is 2. The Kier molecular flexibility index (Phi) is 5.95. The number of benzene rings is 1. The SMILES string of the molecule is CCNC(=NCCc1ccn(-c2ccc(F)cc2)n1)NC(C)(C)C. The highest BCUT2D eigenvalue weighted by molar-refractivity contribution is 5.80. The zero-order chi connectivity index (χ0) is 17.6. The Labute approximate surface area is 143 Å². The molecule has 0 bridgehead atoms. The molecule has 1 aromatic carbocycles. The molecular formula is C18H26FN5. The molecule has 0 aliphatic rings. The van der Waals surface area contributed by atoms with Crippen LogP contribution in [-0.4, -0.2) is 34.4 Å². The summed E-state index contributed by atoms with van der Waals surface area (Å²) in [4.78, 5) is 4.58. The van der Waals surface area contributed by atoms with Gasteiger partial charge in [-0.25, -0.2) is 9.07 Å². The second kappa shape index (κ2) is 7.95. The van der Waals surface area contributed by atoms with Crippen LogP contribution in [0.4, 0.5) is 4.39 Å². The normalized spacial score (nSPS) is 12.3. The quantitative estimate of drug-likeness (QED) is 0.654. The number of guanidine groups is 1. The van der Waals surface area contributed by atoms with Crippen molar-refractivity contribution in [1.29, 1.82) is 0 Å². The van der Waals surface area contributed by atoms with E-state index in [1.54, 1.807) is 16.8 Å². The average molecular weight is 331 g/mol. The maximum Gasteiger partial charge on any atom is 0.191 e. The molecule has 1 aromatic heterocycles. The lowest BCUT2D eigenvalue weighted by Crippen LogP contribution is -2.47. The van der Waals surface area contributed by atoms with Gasteiger partial charge >= 0.3 is 0 Å². The van der Waals surface area contributed by atoms with E-state index in [4.69, 9.17) is 0 Å². The van der Waals surface area contributed by atoms with E-state index >= 15 is 0 Å². The Bertz CT molecular complexity index is 667. The molecule has 2 N–H and O–H groups in total. The number of halogens is 1. The first kappa shape index (κ1) is 18.0. The maximum absolute atomic E-state index is 13.0. The van der Waals surface area contributed by atoms with Crippen LogP contribution in [0.3, 0.4) is 0 Å². The molecule has 24 heavy (non-hydrogen) atoms. The Morgan fingerprint density at radius 3 is 2.54 bits per heavy atom. The lowest BCUT2D eigenvalue weighted by molar-refractivity contribution is 0.501. The molecule has 0 atom stereocenters. The van der Waals surface area contributed by atoms with Crippen molar-refractivity contribution in [2.24, 2.45) is 4.99 Å². The van der Waals surface area contributed by atoms with E-state index in [-0.39, 0.29) is 11.4 Å². The van der Waals surface area contributed by atoms with Crippen molar-refractivity contribution in [3.8, 4) is 5.69 Å². The van der Waals surface area contributed by atoms with Gasteiger partial charge in [0.1, 0.15) is 5.82 Å². The third kappa shape index (κ3) is 5.68. The van der Waals surface area contributed by atoms with Crippen molar-refractivity contribution >= 4 is 5.96 Å². The van der Waals surface area contributed by atoms with E-state index in [9.17, 15) is 4.39 Å². The van der Waals surface area contributed by atoms with Gasteiger partial charge in [0, 0.05) is 31.2 Å². The Balaban J connectivity index is 1.96. The molecule has 6 heteroatoms. The minimum Gasteiger partial charge on any atom is -0.357 e. The zero-order valence-electron chi connectivity index (χ0n) is 14.8. The summed E-state index contributed by atoms with van der Waals surface area (Å²) in [5.41, 5.74) is 1.76. The van der Waals surface area contributed by atoms with Crippen molar-refractivity contribution in [2.45, 2.75) is 39.7 Å². The van der Waals surface area contributed by atoms with Gasteiger partial charge in [0.05, 0.1) is 11.4 Å². The number of hydrogen-bond donors (Lipinski definition) is 2. The second-order valence-corrected chi connectivity index (χ2v) is 6.61. The molecule has 0 amide bonds. The molecule has 0 aliphatic carbocycles. The van der Waals surface area contributed by atoms with Gasteiger partial charge in [0.15, 0.2) is 5.96 Å². The van der Waals surface area contributed by atoms with Gasteiger partial charge in [0.2, 0.25) is 0 Å². The number of aliphatic imine (C=N–C) groups is 1. The van der Waals surface area contributed by atoms with Crippen LogP contribution < -0.4 is 10.6 Å². The second-order valence-electron chi connectivity index (χ2n) is 6.61. The molecule has 0 radical (unpaired) electrons. The summed E-state index contributed by atoms with van der Waals surface area (Å²) >= 11 is 0. The van der Waals surface area contributed by atoms with Crippen LogP contribution in [0.1, 0.15) is 33.4 Å². The highest BCUT2D eigenvalue weighted by Gasteiger charge is 2.11. The largest absolute Gasteiger partial charge is 0.357 e. The van der Waals surface area contributed by atoms with Gasteiger partial charge < -0.3 is 10.6 Å². The molecule has 0 spiro atoms. The number of hydrogen-bond acceptors (Lipinski definition) is 2. The summed E-state index contributed by atoms with van der Waals surface area (Å²) in [6.07, 6.45) is 2.62. The first-order valence-corrected chi connectivity index (χ1v) is 8.24. The molecule has 0 aliphatic heterocycles. The summed E-state index contributed by atoms with van der Waals surface area (Å²) in [5, 5.41) is 11.1. The molecule has 1 heterocycles. The number of nitrogens with zero attached hydrogens (tertiary/aromatic N) is 3. The van der Waals surface area contributed by atoms with E-state index in [1.807, 2.05) is 19.2 Å². The summed E-state index contributed by atoms with van der Waals surface area (Å²) in [6.45, 7) is 9.82. The fraction of sp³-hybridized carbons (Fsp3) is 0.444. The van der Waals surface area contributed by atoms with Crippen molar-refractivity contribution in [2.75, 3.05) is 13.1 Å². The molecule has 130 valence electrons. The smallest absolute Gasteiger partial charge is 0.191 e. The van der Waals surface area contributed by atoms with Gasteiger partial charge in [-0.2, -0.15) is 5.10 Å². The van der Waals surface area contributed by atoms with Crippen LogP contribution in [0.15, 0.2) is 41.5 Å². The first-order valence-electron chi connectivity index (χ1n) is 8.24.